The third-order valence-electron chi connectivity index (χ3n) is 1.92. The molecule has 2 N–H and O–H groups in total. The number of carbonyl (C=O) groups is 1. The van der Waals surface area contributed by atoms with Crippen molar-refractivity contribution < 1.29 is 13.6 Å². The van der Waals surface area contributed by atoms with Crippen LogP contribution in [0.4, 0.5) is 8.78 Å². The van der Waals surface area contributed by atoms with E-state index < -0.39 is 13.0 Å². The van der Waals surface area contributed by atoms with E-state index in [0.29, 0.717) is 6.54 Å². The van der Waals surface area contributed by atoms with Crippen LogP contribution in [0.5, 0.6) is 0 Å². The first-order valence-electron chi connectivity index (χ1n) is 4.98. The topological polar surface area (TPSA) is 41.1 Å². The average molecular weight is 228 g/mol. The molecule has 0 saturated heterocycles. The number of rotatable bonds is 6. The van der Waals surface area contributed by atoms with Crippen molar-refractivity contribution in [3.05, 3.63) is 35.9 Å². The highest BCUT2D eigenvalue weighted by Crippen LogP contribution is 1.96. The van der Waals surface area contributed by atoms with Gasteiger partial charge in [0.05, 0.1) is 13.1 Å². The second-order valence-electron chi connectivity index (χ2n) is 3.28. The fourth-order valence-electron chi connectivity index (χ4n) is 1.15. The number of benzene rings is 1. The van der Waals surface area contributed by atoms with E-state index >= 15 is 0 Å². The van der Waals surface area contributed by atoms with Gasteiger partial charge in [0, 0.05) is 6.54 Å². The minimum absolute atomic E-state index is 0.0861. The maximum absolute atomic E-state index is 11.7. The molecule has 0 saturated carbocycles. The Morgan fingerprint density at radius 3 is 2.56 bits per heavy atom. The summed E-state index contributed by atoms with van der Waals surface area (Å²) in [6, 6.07) is 9.39. The minimum Gasteiger partial charge on any atom is -0.351 e. The number of nitrogens with one attached hydrogen (secondary N) is 2. The van der Waals surface area contributed by atoms with Crippen LogP contribution in [0.2, 0.25) is 0 Å². The number of amides is 1. The van der Waals surface area contributed by atoms with Crippen LogP contribution in [0.15, 0.2) is 30.3 Å². The number of hydrogen-bond donors (Lipinski definition) is 2. The highest BCUT2D eigenvalue weighted by Gasteiger charge is 2.04. The molecule has 1 aromatic rings. The molecule has 0 fully saturated rings. The first kappa shape index (κ1) is 12.6. The summed E-state index contributed by atoms with van der Waals surface area (Å²) in [5.41, 5.74) is 0.977. The second kappa shape index (κ2) is 6.90. The Morgan fingerprint density at radius 1 is 1.25 bits per heavy atom. The standard InChI is InChI=1S/C11H14F2N2O/c12-10(13)7-14-8-11(16)15-6-9-4-2-1-3-5-9/h1-5,10,14H,6-8H2,(H,15,16). The molecule has 0 bridgehead atoms. The highest BCUT2D eigenvalue weighted by molar-refractivity contribution is 5.77. The van der Waals surface area contributed by atoms with Crippen molar-refractivity contribution in [2.45, 2.75) is 13.0 Å². The van der Waals surface area contributed by atoms with E-state index in [4.69, 9.17) is 0 Å². The predicted molar refractivity (Wildman–Crippen MR) is 57.2 cm³/mol. The van der Waals surface area contributed by atoms with Crippen molar-refractivity contribution in [1.82, 2.24) is 10.6 Å². The van der Waals surface area contributed by atoms with E-state index in [1.54, 1.807) is 0 Å². The molecule has 5 heteroatoms. The molecular weight excluding hydrogens is 214 g/mol. The van der Waals surface area contributed by atoms with Crippen LogP contribution in [0.25, 0.3) is 0 Å². The van der Waals surface area contributed by atoms with Crippen molar-refractivity contribution in [2.24, 2.45) is 0 Å². The lowest BCUT2D eigenvalue weighted by molar-refractivity contribution is -0.120. The van der Waals surface area contributed by atoms with E-state index in [1.165, 1.54) is 0 Å². The molecule has 1 amide bonds. The van der Waals surface area contributed by atoms with E-state index in [0.717, 1.165) is 5.56 Å². The molecule has 0 aliphatic carbocycles. The molecule has 0 spiro atoms. The van der Waals surface area contributed by atoms with Gasteiger partial charge >= 0.3 is 0 Å². The molecule has 88 valence electrons. The van der Waals surface area contributed by atoms with Gasteiger partial charge in [-0.2, -0.15) is 0 Å². The summed E-state index contributed by atoms with van der Waals surface area (Å²) < 4.78 is 23.5. The summed E-state index contributed by atoms with van der Waals surface area (Å²) >= 11 is 0. The number of alkyl halides is 2. The Hall–Kier alpha value is -1.49. The zero-order valence-electron chi connectivity index (χ0n) is 8.75. The van der Waals surface area contributed by atoms with Gasteiger partial charge in [0.15, 0.2) is 0 Å². The van der Waals surface area contributed by atoms with Crippen LogP contribution in [0, 0.1) is 0 Å². The molecule has 0 aliphatic heterocycles. The number of halogens is 2. The molecule has 0 aliphatic rings. The van der Waals surface area contributed by atoms with Crippen molar-refractivity contribution in [1.29, 1.82) is 0 Å². The van der Waals surface area contributed by atoms with E-state index in [1.807, 2.05) is 30.3 Å². The van der Waals surface area contributed by atoms with Gasteiger partial charge in [0.2, 0.25) is 5.91 Å². The van der Waals surface area contributed by atoms with Gasteiger partial charge < -0.3 is 10.6 Å². The Kier molecular flexibility index (Phi) is 5.42. The summed E-state index contributed by atoms with van der Waals surface area (Å²) in [5, 5.41) is 4.99. The Labute approximate surface area is 92.8 Å². The predicted octanol–water partition coefficient (Wildman–Crippen LogP) is 1.16. The Balaban J connectivity index is 2.16. The summed E-state index contributed by atoms with van der Waals surface area (Å²) in [6.45, 7) is -0.133. The fourth-order valence-corrected chi connectivity index (χ4v) is 1.15. The van der Waals surface area contributed by atoms with Crippen LogP contribution in [-0.4, -0.2) is 25.4 Å². The van der Waals surface area contributed by atoms with Gasteiger partial charge in [-0.3, -0.25) is 4.79 Å². The van der Waals surface area contributed by atoms with Crippen LogP contribution in [0.3, 0.4) is 0 Å². The zero-order valence-corrected chi connectivity index (χ0v) is 8.75. The molecule has 0 heterocycles. The second-order valence-corrected chi connectivity index (χ2v) is 3.28. The van der Waals surface area contributed by atoms with Gasteiger partial charge in [-0.05, 0) is 5.56 Å². The molecule has 3 nitrogen and oxygen atoms in total. The molecule has 1 aromatic carbocycles. The van der Waals surface area contributed by atoms with Crippen LogP contribution < -0.4 is 10.6 Å². The van der Waals surface area contributed by atoms with Crippen molar-refractivity contribution in [3.8, 4) is 0 Å². The van der Waals surface area contributed by atoms with Crippen molar-refractivity contribution in [2.75, 3.05) is 13.1 Å². The zero-order chi connectivity index (χ0) is 11.8. The highest BCUT2D eigenvalue weighted by atomic mass is 19.3. The summed E-state index contributed by atoms with van der Waals surface area (Å²) in [5.74, 6) is -0.287. The summed E-state index contributed by atoms with van der Waals surface area (Å²) in [6.07, 6.45) is -2.43. The van der Waals surface area contributed by atoms with Gasteiger partial charge in [0.1, 0.15) is 0 Å². The van der Waals surface area contributed by atoms with Gasteiger partial charge in [0.25, 0.3) is 6.43 Å². The molecule has 0 aromatic heterocycles. The smallest absolute Gasteiger partial charge is 0.250 e. The van der Waals surface area contributed by atoms with Gasteiger partial charge in [-0.15, -0.1) is 0 Å². The first-order valence-corrected chi connectivity index (χ1v) is 4.98. The fraction of sp³-hybridized carbons (Fsp3) is 0.364. The minimum atomic E-state index is -2.43. The van der Waals surface area contributed by atoms with Crippen molar-refractivity contribution in [3.63, 3.8) is 0 Å². The summed E-state index contributed by atoms with van der Waals surface area (Å²) in [4.78, 5) is 11.2. The molecule has 0 radical (unpaired) electrons. The van der Waals surface area contributed by atoms with E-state index in [9.17, 15) is 13.6 Å². The lowest BCUT2D eigenvalue weighted by atomic mass is 10.2. The quantitative estimate of drug-likeness (QED) is 0.767. The normalized spacial score (nSPS) is 10.4. The maximum atomic E-state index is 11.7. The number of hydrogen-bond acceptors (Lipinski definition) is 2. The molecule has 0 atom stereocenters. The largest absolute Gasteiger partial charge is 0.351 e. The van der Waals surface area contributed by atoms with E-state index in [2.05, 4.69) is 10.6 Å². The molecule has 0 unspecified atom stereocenters. The molecular formula is C11H14F2N2O. The lowest BCUT2D eigenvalue weighted by Gasteiger charge is -2.06. The average Bonchev–Trinajstić information content (AvgIpc) is 2.27. The Morgan fingerprint density at radius 2 is 1.94 bits per heavy atom. The van der Waals surface area contributed by atoms with Gasteiger partial charge in [-0.1, -0.05) is 30.3 Å². The Bertz CT molecular complexity index is 317. The van der Waals surface area contributed by atoms with Crippen LogP contribution >= 0.6 is 0 Å². The third-order valence-corrected chi connectivity index (χ3v) is 1.92. The third kappa shape index (κ3) is 5.41. The SMILES string of the molecule is O=C(CNCC(F)F)NCc1ccccc1. The maximum Gasteiger partial charge on any atom is 0.250 e. The lowest BCUT2D eigenvalue weighted by Crippen LogP contribution is -2.35. The molecule has 16 heavy (non-hydrogen) atoms. The monoisotopic (exact) mass is 228 g/mol. The summed E-state index contributed by atoms with van der Waals surface area (Å²) in [7, 11) is 0. The van der Waals surface area contributed by atoms with Crippen molar-refractivity contribution >= 4 is 5.91 Å². The van der Waals surface area contributed by atoms with E-state index in [-0.39, 0.29) is 12.5 Å². The molecule has 1 rings (SSSR count). The number of carbonyl (C=O) groups excluding carboxylic acids is 1. The van der Waals surface area contributed by atoms with Crippen LogP contribution in [0.1, 0.15) is 5.56 Å². The first-order chi connectivity index (χ1) is 7.68. The van der Waals surface area contributed by atoms with Gasteiger partial charge in [-0.25, -0.2) is 8.78 Å². The van der Waals surface area contributed by atoms with Crippen LogP contribution in [-0.2, 0) is 11.3 Å².